The number of rotatable bonds is 3. The normalized spacial score (nSPS) is 11.5. The number of nitrogens with zero attached hydrogens (tertiary/aromatic N) is 1. The van der Waals surface area contributed by atoms with Crippen molar-refractivity contribution in [2.24, 2.45) is 0 Å². The van der Waals surface area contributed by atoms with Crippen molar-refractivity contribution in [2.45, 2.75) is 19.6 Å². The van der Waals surface area contributed by atoms with E-state index in [4.69, 9.17) is 0 Å². The van der Waals surface area contributed by atoms with Gasteiger partial charge in [0.25, 0.3) is 5.91 Å². The van der Waals surface area contributed by atoms with Crippen molar-refractivity contribution in [2.75, 3.05) is 7.05 Å². The van der Waals surface area contributed by atoms with Crippen molar-refractivity contribution in [1.82, 2.24) is 4.90 Å². The molecule has 0 radical (unpaired) electrons. The number of carbonyl (C=O) groups is 1. The van der Waals surface area contributed by atoms with Crippen LogP contribution in [0, 0.1) is 6.92 Å². The minimum Gasteiger partial charge on any atom is -0.337 e. The highest BCUT2D eigenvalue weighted by atomic mass is 32.1. The van der Waals surface area contributed by atoms with Crippen LogP contribution in [0.2, 0.25) is 0 Å². The van der Waals surface area contributed by atoms with E-state index in [1.165, 1.54) is 17.0 Å². The summed E-state index contributed by atoms with van der Waals surface area (Å²) in [4.78, 5) is 14.8. The van der Waals surface area contributed by atoms with Crippen LogP contribution < -0.4 is 0 Å². The molecule has 0 unspecified atom stereocenters. The summed E-state index contributed by atoms with van der Waals surface area (Å²) in [5.41, 5.74) is 0.600. The second kappa shape index (κ2) is 5.89. The second-order valence-corrected chi connectivity index (χ2v) is 5.76. The van der Waals surface area contributed by atoms with Crippen LogP contribution in [0.15, 0.2) is 35.7 Å². The molecule has 0 fully saturated rings. The van der Waals surface area contributed by atoms with E-state index < -0.39 is 11.7 Å². The topological polar surface area (TPSA) is 20.3 Å². The monoisotopic (exact) mass is 313 g/mol. The minimum atomic E-state index is -4.39. The molecule has 1 amide bonds. The summed E-state index contributed by atoms with van der Waals surface area (Å²) in [5.74, 6) is -0.295. The third-order valence-electron chi connectivity index (χ3n) is 3.15. The van der Waals surface area contributed by atoms with E-state index in [0.717, 1.165) is 22.6 Å². The number of thiophene rings is 1. The fraction of sp³-hybridized carbons (Fsp3) is 0.267. The van der Waals surface area contributed by atoms with E-state index in [1.807, 2.05) is 18.4 Å². The molecular formula is C15H14F3NOS. The molecule has 0 saturated carbocycles. The van der Waals surface area contributed by atoms with Gasteiger partial charge in [-0.25, -0.2) is 0 Å². The van der Waals surface area contributed by atoms with Gasteiger partial charge in [-0.05, 0) is 48.2 Å². The molecule has 0 aliphatic carbocycles. The molecule has 0 saturated heterocycles. The van der Waals surface area contributed by atoms with Gasteiger partial charge in [-0.2, -0.15) is 13.2 Å². The van der Waals surface area contributed by atoms with Gasteiger partial charge in [0.2, 0.25) is 0 Å². The van der Waals surface area contributed by atoms with Gasteiger partial charge in [0.15, 0.2) is 0 Å². The van der Waals surface area contributed by atoms with Crippen LogP contribution in [0.5, 0.6) is 0 Å². The Labute approximate surface area is 124 Å². The molecule has 0 N–H and O–H groups in total. The number of halogens is 3. The summed E-state index contributed by atoms with van der Waals surface area (Å²) in [7, 11) is 1.64. The Morgan fingerprint density at radius 3 is 2.29 bits per heavy atom. The maximum Gasteiger partial charge on any atom is 0.416 e. The predicted molar refractivity (Wildman–Crippen MR) is 76.3 cm³/mol. The lowest BCUT2D eigenvalue weighted by atomic mass is 10.1. The summed E-state index contributed by atoms with van der Waals surface area (Å²) < 4.78 is 37.4. The molecule has 2 aromatic rings. The standard InChI is InChI=1S/C15H14F3NOS/c1-10-7-8-21-13(10)9-19(2)14(20)11-3-5-12(6-4-11)15(16,17)18/h3-8H,9H2,1-2H3. The van der Waals surface area contributed by atoms with Crippen molar-refractivity contribution < 1.29 is 18.0 Å². The van der Waals surface area contributed by atoms with Crippen LogP contribution in [-0.2, 0) is 12.7 Å². The molecule has 0 atom stereocenters. The highest BCUT2D eigenvalue weighted by Gasteiger charge is 2.30. The first kappa shape index (κ1) is 15.6. The molecule has 1 heterocycles. The Hall–Kier alpha value is -1.82. The molecule has 112 valence electrons. The molecule has 6 heteroatoms. The Bertz CT molecular complexity index is 631. The highest BCUT2D eigenvalue weighted by Crippen LogP contribution is 2.29. The molecule has 1 aromatic carbocycles. The van der Waals surface area contributed by atoms with Gasteiger partial charge in [0, 0.05) is 17.5 Å². The Morgan fingerprint density at radius 2 is 1.81 bits per heavy atom. The second-order valence-electron chi connectivity index (χ2n) is 4.76. The molecule has 0 aliphatic heterocycles. The summed E-state index contributed by atoms with van der Waals surface area (Å²) in [6.45, 7) is 2.41. The van der Waals surface area contributed by atoms with Crippen LogP contribution in [-0.4, -0.2) is 17.9 Å². The Morgan fingerprint density at radius 1 is 1.19 bits per heavy atom. The number of carbonyl (C=O) groups excluding carboxylic acids is 1. The highest BCUT2D eigenvalue weighted by molar-refractivity contribution is 7.10. The largest absolute Gasteiger partial charge is 0.416 e. The lowest BCUT2D eigenvalue weighted by Crippen LogP contribution is -2.26. The first-order chi connectivity index (χ1) is 9.79. The molecule has 2 nitrogen and oxygen atoms in total. The molecule has 2 rings (SSSR count). The number of aryl methyl sites for hydroxylation is 1. The number of hydrogen-bond acceptors (Lipinski definition) is 2. The number of benzene rings is 1. The van der Waals surface area contributed by atoms with Crippen molar-refractivity contribution in [3.8, 4) is 0 Å². The first-order valence-electron chi connectivity index (χ1n) is 6.24. The van der Waals surface area contributed by atoms with Crippen molar-refractivity contribution in [3.63, 3.8) is 0 Å². The van der Waals surface area contributed by atoms with E-state index in [2.05, 4.69) is 0 Å². The van der Waals surface area contributed by atoms with Crippen LogP contribution in [0.25, 0.3) is 0 Å². The van der Waals surface area contributed by atoms with Gasteiger partial charge in [-0.15, -0.1) is 11.3 Å². The summed E-state index contributed by atoms with van der Waals surface area (Å²) >= 11 is 1.55. The van der Waals surface area contributed by atoms with E-state index in [-0.39, 0.29) is 11.5 Å². The fourth-order valence-electron chi connectivity index (χ4n) is 1.88. The van der Waals surface area contributed by atoms with Gasteiger partial charge in [-0.3, -0.25) is 4.79 Å². The fourth-order valence-corrected chi connectivity index (χ4v) is 2.83. The third-order valence-corrected chi connectivity index (χ3v) is 4.16. The number of hydrogen-bond donors (Lipinski definition) is 0. The summed E-state index contributed by atoms with van der Waals surface area (Å²) in [6, 6.07) is 6.25. The van der Waals surface area contributed by atoms with Gasteiger partial charge in [0.05, 0.1) is 12.1 Å². The molecule has 1 aromatic heterocycles. The van der Waals surface area contributed by atoms with Crippen LogP contribution in [0.1, 0.15) is 26.4 Å². The first-order valence-corrected chi connectivity index (χ1v) is 7.12. The maximum absolute atomic E-state index is 12.5. The summed E-state index contributed by atoms with van der Waals surface area (Å²) in [6.07, 6.45) is -4.39. The molecule has 0 spiro atoms. The average molecular weight is 313 g/mol. The van der Waals surface area contributed by atoms with Crippen molar-refractivity contribution in [1.29, 1.82) is 0 Å². The lowest BCUT2D eigenvalue weighted by Gasteiger charge is -2.17. The van der Waals surface area contributed by atoms with E-state index in [1.54, 1.807) is 18.4 Å². The number of alkyl halides is 3. The van der Waals surface area contributed by atoms with E-state index in [0.29, 0.717) is 6.54 Å². The predicted octanol–water partition coefficient (Wildman–Crippen LogP) is 4.35. The number of amides is 1. The Balaban J connectivity index is 2.11. The lowest BCUT2D eigenvalue weighted by molar-refractivity contribution is -0.137. The molecular weight excluding hydrogens is 299 g/mol. The van der Waals surface area contributed by atoms with Gasteiger partial charge in [-0.1, -0.05) is 0 Å². The zero-order valence-corrected chi connectivity index (χ0v) is 12.4. The summed E-state index contributed by atoms with van der Waals surface area (Å²) in [5, 5.41) is 1.95. The van der Waals surface area contributed by atoms with E-state index >= 15 is 0 Å². The SMILES string of the molecule is Cc1ccsc1CN(C)C(=O)c1ccc(C(F)(F)F)cc1. The zero-order chi connectivity index (χ0) is 15.6. The van der Waals surface area contributed by atoms with Crippen molar-refractivity contribution >= 4 is 17.2 Å². The van der Waals surface area contributed by atoms with Gasteiger partial charge >= 0.3 is 6.18 Å². The molecule has 21 heavy (non-hydrogen) atoms. The third kappa shape index (κ3) is 3.64. The van der Waals surface area contributed by atoms with Gasteiger partial charge < -0.3 is 4.90 Å². The van der Waals surface area contributed by atoms with Crippen LogP contribution in [0.4, 0.5) is 13.2 Å². The molecule has 0 bridgehead atoms. The maximum atomic E-state index is 12.5. The zero-order valence-electron chi connectivity index (χ0n) is 11.6. The van der Waals surface area contributed by atoms with Crippen LogP contribution >= 0.6 is 11.3 Å². The van der Waals surface area contributed by atoms with Crippen molar-refractivity contribution in [3.05, 3.63) is 57.3 Å². The minimum absolute atomic E-state index is 0.250. The van der Waals surface area contributed by atoms with Crippen LogP contribution in [0.3, 0.4) is 0 Å². The average Bonchev–Trinajstić information content (AvgIpc) is 2.82. The quantitative estimate of drug-likeness (QED) is 0.825. The van der Waals surface area contributed by atoms with E-state index in [9.17, 15) is 18.0 Å². The Kier molecular flexibility index (Phi) is 4.37. The molecule has 0 aliphatic rings. The van der Waals surface area contributed by atoms with Gasteiger partial charge in [0.1, 0.15) is 0 Å². The smallest absolute Gasteiger partial charge is 0.337 e.